The Labute approximate surface area is 93.9 Å². The Morgan fingerprint density at radius 3 is 2.60 bits per heavy atom. The third-order valence-electron chi connectivity index (χ3n) is 3.59. The molecule has 0 aromatic heterocycles. The first-order chi connectivity index (χ1) is 7.00. The minimum Gasteiger partial charge on any atom is -0.394 e. The number of aliphatic hydroxyl groups excluding tert-OH is 1. The largest absolute Gasteiger partial charge is 0.394 e. The highest BCUT2D eigenvalue weighted by Crippen LogP contribution is 2.20. The Bertz CT molecular complexity index is 188. The monoisotopic (exact) mass is 214 g/mol. The van der Waals surface area contributed by atoms with Crippen LogP contribution in [0.2, 0.25) is 0 Å². The molecule has 0 aromatic carbocycles. The quantitative estimate of drug-likeness (QED) is 0.722. The molecule has 1 rings (SSSR count). The number of nitrogens with zero attached hydrogens (tertiary/aromatic N) is 1. The minimum atomic E-state index is -0.0929. The topological polar surface area (TPSA) is 35.5 Å². The maximum absolute atomic E-state index is 9.43. The number of hydrogen-bond donors (Lipinski definition) is 2. The molecule has 2 N–H and O–H groups in total. The van der Waals surface area contributed by atoms with E-state index in [4.69, 9.17) is 0 Å². The van der Waals surface area contributed by atoms with Crippen LogP contribution in [-0.4, -0.2) is 47.8 Å². The van der Waals surface area contributed by atoms with E-state index in [9.17, 15) is 5.11 Å². The number of aliphatic hydroxyl groups is 1. The van der Waals surface area contributed by atoms with Crippen molar-refractivity contribution in [3.8, 4) is 0 Å². The van der Waals surface area contributed by atoms with E-state index in [-0.39, 0.29) is 12.1 Å². The predicted octanol–water partition coefficient (Wildman–Crippen LogP) is 1.22. The lowest BCUT2D eigenvalue weighted by molar-refractivity contribution is 0.152. The molecular weight excluding hydrogens is 188 g/mol. The Balaban J connectivity index is 2.46. The van der Waals surface area contributed by atoms with Gasteiger partial charge in [0.15, 0.2) is 0 Å². The highest BCUT2D eigenvalue weighted by Gasteiger charge is 2.31. The summed E-state index contributed by atoms with van der Waals surface area (Å²) in [6, 6.07) is 1.20. The Kier molecular flexibility index (Phi) is 4.56. The summed E-state index contributed by atoms with van der Waals surface area (Å²) in [6.07, 6.45) is 3.34. The highest BCUT2D eigenvalue weighted by atomic mass is 16.3. The zero-order valence-electron chi connectivity index (χ0n) is 10.6. The number of likely N-dealkylation sites (N-methyl/N-ethyl adjacent to an activating group) is 1. The first-order valence-corrected chi connectivity index (χ1v) is 6.09. The van der Waals surface area contributed by atoms with Crippen molar-refractivity contribution >= 4 is 0 Å². The third kappa shape index (κ3) is 3.44. The van der Waals surface area contributed by atoms with E-state index in [0.717, 1.165) is 19.4 Å². The summed E-state index contributed by atoms with van der Waals surface area (Å²) in [6.45, 7) is 7.88. The van der Waals surface area contributed by atoms with Gasteiger partial charge in [-0.15, -0.1) is 0 Å². The van der Waals surface area contributed by atoms with Gasteiger partial charge >= 0.3 is 0 Å². The first kappa shape index (κ1) is 12.9. The van der Waals surface area contributed by atoms with Crippen LogP contribution in [0.4, 0.5) is 0 Å². The smallest absolute Gasteiger partial charge is 0.0610 e. The van der Waals surface area contributed by atoms with Crippen LogP contribution in [0.5, 0.6) is 0 Å². The van der Waals surface area contributed by atoms with Crippen LogP contribution in [0.25, 0.3) is 0 Å². The van der Waals surface area contributed by atoms with Gasteiger partial charge < -0.3 is 15.3 Å². The molecule has 3 nitrogen and oxygen atoms in total. The van der Waals surface area contributed by atoms with Crippen LogP contribution in [0.3, 0.4) is 0 Å². The summed E-state index contributed by atoms with van der Waals surface area (Å²) >= 11 is 0. The number of rotatable bonds is 5. The molecule has 0 bridgehead atoms. The fourth-order valence-electron chi connectivity index (χ4n) is 2.54. The molecule has 0 amide bonds. The second-order valence-corrected chi connectivity index (χ2v) is 5.33. The molecule has 15 heavy (non-hydrogen) atoms. The molecule has 3 unspecified atom stereocenters. The molecule has 1 aliphatic heterocycles. The molecule has 0 radical (unpaired) electrons. The molecule has 0 aromatic rings. The average Bonchev–Trinajstić information content (AvgIpc) is 2.46. The first-order valence-electron chi connectivity index (χ1n) is 6.09. The van der Waals surface area contributed by atoms with Crippen molar-refractivity contribution in [3.05, 3.63) is 0 Å². The Morgan fingerprint density at radius 2 is 2.20 bits per heavy atom. The molecule has 0 spiro atoms. The standard InChI is InChI=1S/C12H26N2O/c1-5-6-12(3,9-15)13-11-7-10(2)14(4)8-11/h10-11,13,15H,5-9H2,1-4H3. The van der Waals surface area contributed by atoms with Gasteiger partial charge in [0.05, 0.1) is 6.61 Å². The van der Waals surface area contributed by atoms with Crippen LogP contribution in [0.1, 0.15) is 40.0 Å². The third-order valence-corrected chi connectivity index (χ3v) is 3.59. The van der Waals surface area contributed by atoms with Crippen LogP contribution in [-0.2, 0) is 0 Å². The van der Waals surface area contributed by atoms with E-state index >= 15 is 0 Å². The summed E-state index contributed by atoms with van der Waals surface area (Å²) in [5.74, 6) is 0. The molecule has 1 saturated heterocycles. The summed E-state index contributed by atoms with van der Waals surface area (Å²) in [7, 11) is 2.17. The number of nitrogens with one attached hydrogen (secondary N) is 1. The zero-order chi connectivity index (χ0) is 11.5. The molecule has 90 valence electrons. The maximum atomic E-state index is 9.43. The Hall–Kier alpha value is -0.120. The predicted molar refractivity (Wildman–Crippen MR) is 64.0 cm³/mol. The van der Waals surface area contributed by atoms with E-state index in [1.165, 1.54) is 6.42 Å². The fourth-order valence-corrected chi connectivity index (χ4v) is 2.54. The van der Waals surface area contributed by atoms with E-state index < -0.39 is 0 Å². The van der Waals surface area contributed by atoms with Crippen molar-refractivity contribution in [1.82, 2.24) is 10.2 Å². The average molecular weight is 214 g/mol. The van der Waals surface area contributed by atoms with E-state index in [2.05, 4.69) is 38.0 Å². The molecule has 1 heterocycles. The molecule has 1 aliphatic rings. The normalized spacial score (nSPS) is 31.8. The number of likely N-dealkylation sites (tertiary alicyclic amines) is 1. The summed E-state index contributed by atoms with van der Waals surface area (Å²) in [5, 5.41) is 13.0. The van der Waals surface area contributed by atoms with Gasteiger partial charge in [-0.25, -0.2) is 0 Å². The molecular formula is C12H26N2O. The maximum Gasteiger partial charge on any atom is 0.0610 e. The van der Waals surface area contributed by atoms with Gasteiger partial charge in [-0.3, -0.25) is 0 Å². The van der Waals surface area contributed by atoms with Crippen molar-refractivity contribution < 1.29 is 5.11 Å². The molecule has 0 saturated carbocycles. The SMILES string of the molecule is CCCC(C)(CO)NC1CC(C)N(C)C1. The summed E-state index contributed by atoms with van der Waals surface area (Å²) in [5.41, 5.74) is -0.0929. The van der Waals surface area contributed by atoms with E-state index in [1.54, 1.807) is 0 Å². The van der Waals surface area contributed by atoms with Crippen LogP contribution < -0.4 is 5.32 Å². The van der Waals surface area contributed by atoms with Crippen molar-refractivity contribution in [3.63, 3.8) is 0 Å². The van der Waals surface area contributed by atoms with Crippen molar-refractivity contribution in [1.29, 1.82) is 0 Å². The lowest BCUT2D eigenvalue weighted by atomic mass is 9.95. The van der Waals surface area contributed by atoms with Gasteiger partial charge in [0.25, 0.3) is 0 Å². The highest BCUT2D eigenvalue weighted by molar-refractivity contribution is 4.92. The van der Waals surface area contributed by atoms with Gasteiger partial charge in [0.2, 0.25) is 0 Å². The zero-order valence-corrected chi connectivity index (χ0v) is 10.6. The van der Waals surface area contributed by atoms with E-state index in [1.807, 2.05) is 0 Å². The van der Waals surface area contributed by atoms with Gasteiger partial charge in [-0.05, 0) is 33.7 Å². The van der Waals surface area contributed by atoms with Gasteiger partial charge in [0.1, 0.15) is 0 Å². The van der Waals surface area contributed by atoms with Crippen LogP contribution >= 0.6 is 0 Å². The molecule has 3 atom stereocenters. The molecule has 0 aliphatic carbocycles. The summed E-state index contributed by atoms with van der Waals surface area (Å²) in [4.78, 5) is 2.38. The second-order valence-electron chi connectivity index (χ2n) is 5.33. The summed E-state index contributed by atoms with van der Waals surface area (Å²) < 4.78 is 0. The van der Waals surface area contributed by atoms with Crippen LogP contribution in [0, 0.1) is 0 Å². The fraction of sp³-hybridized carbons (Fsp3) is 1.00. The Morgan fingerprint density at radius 1 is 1.53 bits per heavy atom. The molecule has 1 fully saturated rings. The lowest BCUT2D eigenvalue weighted by Gasteiger charge is -2.32. The van der Waals surface area contributed by atoms with E-state index in [0.29, 0.717) is 12.1 Å². The molecule has 3 heteroatoms. The minimum absolute atomic E-state index is 0.0929. The van der Waals surface area contributed by atoms with Gasteiger partial charge in [-0.2, -0.15) is 0 Å². The van der Waals surface area contributed by atoms with Crippen molar-refractivity contribution in [2.75, 3.05) is 20.2 Å². The van der Waals surface area contributed by atoms with Crippen molar-refractivity contribution in [2.45, 2.75) is 57.7 Å². The van der Waals surface area contributed by atoms with Gasteiger partial charge in [-0.1, -0.05) is 13.3 Å². The van der Waals surface area contributed by atoms with Crippen LogP contribution in [0.15, 0.2) is 0 Å². The number of hydrogen-bond acceptors (Lipinski definition) is 3. The van der Waals surface area contributed by atoms with Crippen molar-refractivity contribution in [2.24, 2.45) is 0 Å². The van der Waals surface area contributed by atoms with Gasteiger partial charge in [0, 0.05) is 24.2 Å². The lowest BCUT2D eigenvalue weighted by Crippen LogP contribution is -2.51. The second kappa shape index (κ2) is 5.28.